The van der Waals surface area contributed by atoms with Crippen molar-refractivity contribution in [3.8, 4) is 11.3 Å². The van der Waals surface area contributed by atoms with E-state index in [0.717, 1.165) is 11.3 Å². The van der Waals surface area contributed by atoms with Gasteiger partial charge in [-0.1, -0.05) is 17.7 Å². The highest BCUT2D eigenvalue weighted by Crippen LogP contribution is 2.34. The Morgan fingerprint density at radius 3 is 2.54 bits per heavy atom. The molecule has 0 unspecified atom stereocenters. The van der Waals surface area contributed by atoms with Crippen LogP contribution in [0.3, 0.4) is 0 Å². The summed E-state index contributed by atoms with van der Waals surface area (Å²) in [5.74, 6) is 0. The van der Waals surface area contributed by atoms with E-state index in [1.54, 1.807) is 35.3 Å². The number of hydrogen-bond donors (Lipinski definition) is 0. The van der Waals surface area contributed by atoms with Gasteiger partial charge in [-0.25, -0.2) is 17.9 Å². The van der Waals surface area contributed by atoms with Crippen molar-refractivity contribution in [2.75, 3.05) is 6.26 Å². The molecule has 142 valence electrons. The first-order valence-corrected chi connectivity index (χ1v) is 11.4. The molecule has 0 aliphatic carbocycles. The van der Waals surface area contributed by atoms with E-state index in [4.69, 9.17) is 11.6 Å². The van der Waals surface area contributed by atoms with Crippen LogP contribution in [0.2, 0.25) is 5.02 Å². The molecule has 4 rings (SSSR count). The molecule has 4 aromatic rings. The largest absolute Gasteiger partial charge is 0.265 e. The van der Waals surface area contributed by atoms with Crippen LogP contribution in [0, 0.1) is 6.92 Å². The molecule has 0 aliphatic heterocycles. The average molecular weight is 431 g/mol. The number of halogens is 1. The van der Waals surface area contributed by atoms with Gasteiger partial charge in [0.1, 0.15) is 5.03 Å². The smallest absolute Gasteiger partial charge is 0.213 e. The second-order valence-corrected chi connectivity index (χ2v) is 9.17. The Morgan fingerprint density at radius 2 is 1.86 bits per heavy atom. The topological polar surface area (TPSA) is 77.2 Å². The van der Waals surface area contributed by atoms with Crippen LogP contribution in [0.4, 0.5) is 0 Å². The number of thioether (sulfide) groups is 1. The molecule has 0 bridgehead atoms. The van der Waals surface area contributed by atoms with Crippen molar-refractivity contribution >= 4 is 38.8 Å². The fraction of sp³-hybridized carbons (Fsp3) is 0.105. The Balaban J connectivity index is 2.03. The molecular weight excluding hydrogens is 416 g/mol. The summed E-state index contributed by atoms with van der Waals surface area (Å²) in [6.45, 7) is 1.87. The minimum Gasteiger partial charge on any atom is -0.265 e. The molecule has 9 heteroatoms. The van der Waals surface area contributed by atoms with E-state index >= 15 is 0 Å². The van der Waals surface area contributed by atoms with Crippen LogP contribution in [0.1, 0.15) is 5.69 Å². The normalized spacial score (nSPS) is 11.8. The molecule has 0 aliphatic rings. The van der Waals surface area contributed by atoms with Gasteiger partial charge in [-0.3, -0.25) is 4.98 Å². The van der Waals surface area contributed by atoms with E-state index < -0.39 is 9.84 Å². The standard InChI is InChI=1S/C19H15ClN4O2S2/c1-12-10-16(13-6-8-21-9-7-13)22-18-17(19(27-2)23-24(12)18)28(25,26)15-5-3-4-14(20)11-15/h3-11H,1-2H3. The van der Waals surface area contributed by atoms with Crippen molar-refractivity contribution in [1.29, 1.82) is 0 Å². The molecule has 6 nitrogen and oxygen atoms in total. The first kappa shape index (κ1) is 18.9. The number of rotatable bonds is 4. The summed E-state index contributed by atoms with van der Waals surface area (Å²) in [6.07, 6.45) is 5.13. The summed E-state index contributed by atoms with van der Waals surface area (Å²) < 4.78 is 28.4. The van der Waals surface area contributed by atoms with Crippen LogP contribution in [-0.4, -0.2) is 34.3 Å². The fourth-order valence-electron chi connectivity index (χ4n) is 2.92. The Kier molecular flexibility index (Phi) is 4.86. The SMILES string of the molecule is CSc1nn2c(C)cc(-c3ccncc3)nc2c1S(=O)(=O)c1cccc(Cl)c1. The quantitative estimate of drug-likeness (QED) is 0.449. The lowest BCUT2D eigenvalue weighted by Gasteiger charge is -2.07. The van der Waals surface area contributed by atoms with Crippen LogP contribution in [-0.2, 0) is 9.84 Å². The lowest BCUT2D eigenvalue weighted by molar-refractivity contribution is 0.594. The van der Waals surface area contributed by atoms with Gasteiger partial charge in [-0.15, -0.1) is 11.8 Å². The molecule has 0 saturated heterocycles. The van der Waals surface area contributed by atoms with Crippen molar-refractivity contribution in [2.45, 2.75) is 21.7 Å². The number of aromatic nitrogens is 4. The molecule has 0 radical (unpaired) electrons. The third kappa shape index (κ3) is 3.17. The van der Waals surface area contributed by atoms with Crippen LogP contribution >= 0.6 is 23.4 Å². The minimum absolute atomic E-state index is 0.0845. The minimum atomic E-state index is -3.87. The lowest BCUT2D eigenvalue weighted by atomic mass is 10.2. The summed E-state index contributed by atoms with van der Waals surface area (Å²) in [5, 5.41) is 5.22. The Labute approximate surface area is 171 Å². The van der Waals surface area contributed by atoms with Crippen molar-refractivity contribution in [3.05, 3.63) is 65.6 Å². The Bertz CT molecular complexity index is 1290. The van der Waals surface area contributed by atoms with Crippen molar-refractivity contribution < 1.29 is 8.42 Å². The van der Waals surface area contributed by atoms with Crippen LogP contribution in [0.5, 0.6) is 0 Å². The predicted molar refractivity (Wildman–Crippen MR) is 110 cm³/mol. The second-order valence-electron chi connectivity index (χ2n) is 6.05. The third-order valence-electron chi connectivity index (χ3n) is 4.24. The highest BCUT2D eigenvalue weighted by atomic mass is 35.5. The molecule has 0 saturated carbocycles. The van der Waals surface area contributed by atoms with Crippen molar-refractivity contribution in [1.82, 2.24) is 19.6 Å². The number of pyridine rings is 1. The molecular formula is C19H15ClN4O2S2. The van der Waals surface area contributed by atoms with E-state index in [2.05, 4.69) is 15.1 Å². The molecule has 3 heterocycles. The zero-order chi connectivity index (χ0) is 19.9. The fourth-order valence-corrected chi connectivity index (χ4v) is 5.61. The molecule has 1 aromatic carbocycles. The maximum atomic E-state index is 13.4. The first-order chi connectivity index (χ1) is 13.4. The average Bonchev–Trinajstić information content (AvgIpc) is 3.08. The molecule has 0 N–H and O–H groups in total. The zero-order valence-electron chi connectivity index (χ0n) is 15.0. The summed E-state index contributed by atoms with van der Waals surface area (Å²) >= 11 is 7.29. The van der Waals surface area contributed by atoms with E-state index in [9.17, 15) is 8.42 Å². The highest BCUT2D eigenvalue weighted by Gasteiger charge is 2.29. The van der Waals surface area contributed by atoms with Crippen LogP contribution in [0.15, 0.2) is 69.7 Å². The van der Waals surface area contributed by atoms with E-state index in [0.29, 0.717) is 15.7 Å². The summed E-state index contributed by atoms with van der Waals surface area (Å²) in [4.78, 5) is 8.85. The van der Waals surface area contributed by atoms with E-state index in [-0.39, 0.29) is 15.4 Å². The maximum absolute atomic E-state index is 13.4. The maximum Gasteiger partial charge on any atom is 0.213 e. The lowest BCUT2D eigenvalue weighted by Crippen LogP contribution is -2.05. The number of benzene rings is 1. The van der Waals surface area contributed by atoms with E-state index in [1.165, 1.54) is 23.9 Å². The molecule has 28 heavy (non-hydrogen) atoms. The highest BCUT2D eigenvalue weighted by molar-refractivity contribution is 7.99. The molecule has 0 atom stereocenters. The van der Waals surface area contributed by atoms with Crippen molar-refractivity contribution in [2.24, 2.45) is 0 Å². The van der Waals surface area contributed by atoms with Gasteiger partial charge in [-0.2, -0.15) is 5.10 Å². The third-order valence-corrected chi connectivity index (χ3v) is 7.06. The first-order valence-electron chi connectivity index (χ1n) is 8.27. The van der Waals surface area contributed by atoms with Gasteiger partial charge in [-0.05, 0) is 49.6 Å². The van der Waals surface area contributed by atoms with Gasteiger partial charge in [0.15, 0.2) is 10.5 Å². The molecule has 3 aromatic heterocycles. The van der Waals surface area contributed by atoms with Gasteiger partial charge in [0.2, 0.25) is 9.84 Å². The molecule has 0 amide bonds. The van der Waals surface area contributed by atoms with Crippen LogP contribution in [0.25, 0.3) is 16.9 Å². The number of sulfone groups is 1. The van der Waals surface area contributed by atoms with Gasteiger partial charge >= 0.3 is 0 Å². The number of aryl methyl sites for hydroxylation is 1. The van der Waals surface area contributed by atoms with Gasteiger partial charge < -0.3 is 0 Å². The Hall–Kier alpha value is -2.42. The van der Waals surface area contributed by atoms with E-state index in [1.807, 2.05) is 25.1 Å². The molecule has 0 spiro atoms. The Morgan fingerprint density at radius 1 is 1.11 bits per heavy atom. The van der Waals surface area contributed by atoms with Gasteiger partial charge in [0, 0.05) is 28.7 Å². The van der Waals surface area contributed by atoms with Gasteiger partial charge in [0.25, 0.3) is 0 Å². The molecule has 0 fully saturated rings. The summed E-state index contributed by atoms with van der Waals surface area (Å²) in [6, 6.07) is 11.7. The number of fused-ring (bicyclic) bond motifs is 1. The van der Waals surface area contributed by atoms with Gasteiger partial charge in [0.05, 0.1) is 10.6 Å². The predicted octanol–water partition coefficient (Wildman–Crippen LogP) is 4.31. The summed E-state index contributed by atoms with van der Waals surface area (Å²) in [5.41, 5.74) is 2.57. The number of hydrogen-bond acceptors (Lipinski definition) is 6. The number of nitrogens with zero attached hydrogens (tertiary/aromatic N) is 4. The van der Waals surface area contributed by atoms with Crippen LogP contribution < -0.4 is 0 Å². The summed E-state index contributed by atoms with van der Waals surface area (Å²) in [7, 11) is -3.87. The zero-order valence-corrected chi connectivity index (χ0v) is 17.4. The monoisotopic (exact) mass is 430 g/mol. The van der Waals surface area contributed by atoms with Crippen molar-refractivity contribution in [3.63, 3.8) is 0 Å². The second kappa shape index (κ2) is 7.20.